The number of thioether (sulfide) groups is 1. The van der Waals surface area contributed by atoms with Gasteiger partial charge in [0.2, 0.25) is 0 Å². The van der Waals surface area contributed by atoms with Gasteiger partial charge in [0, 0.05) is 10.7 Å². The van der Waals surface area contributed by atoms with Crippen LogP contribution in [0.5, 0.6) is 11.5 Å². The number of nitrogens with zero attached hydrogens (tertiary/aromatic N) is 1. The third-order valence-corrected chi connectivity index (χ3v) is 6.70. The molecule has 6 nitrogen and oxygen atoms in total. The minimum absolute atomic E-state index is 0.177. The summed E-state index contributed by atoms with van der Waals surface area (Å²) in [5, 5.41) is 3.41. The molecule has 9 heteroatoms. The highest BCUT2D eigenvalue weighted by molar-refractivity contribution is 8.27. The van der Waals surface area contributed by atoms with Crippen LogP contribution in [0.2, 0.25) is 5.02 Å². The Balaban J connectivity index is 1.45. The molecule has 35 heavy (non-hydrogen) atoms. The van der Waals surface area contributed by atoms with Crippen LogP contribution in [0.1, 0.15) is 11.1 Å². The van der Waals surface area contributed by atoms with E-state index in [9.17, 15) is 9.59 Å². The van der Waals surface area contributed by atoms with Crippen LogP contribution in [-0.4, -0.2) is 29.9 Å². The molecule has 0 aliphatic carbocycles. The summed E-state index contributed by atoms with van der Waals surface area (Å²) in [6.07, 6.45) is 1.74. The molecule has 1 saturated heterocycles. The van der Waals surface area contributed by atoms with Gasteiger partial charge in [-0.25, -0.2) is 0 Å². The fourth-order valence-electron chi connectivity index (χ4n) is 3.37. The van der Waals surface area contributed by atoms with Crippen LogP contribution in [0.4, 0.5) is 11.4 Å². The van der Waals surface area contributed by atoms with E-state index in [1.54, 1.807) is 48.5 Å². The number of anilines is 2. The van der Waals surface area contributed by atoms with Crippen LogP contribution in [-0.2, 0) is 9.59 Å². The van der Waals surface area contributed by atoms with E-state index in [1.807, 2.05) is 31.2 Å². The number of carbonyl (C=O) groups excluding carboxylic acids is 2. The second-order valence-electron chi connectivity index (χ2n) is 7.56. The molecular formula is C26H21ClN2O4S2. The first-order valence-electron chi connectivity index (χ1n) is 10.6. The summed E-state index contributed by atoms with van der Waals surface area (Å²) in [5.41, 5.74) is 3.09. The van der Waals surface area contributed by atoms with E-state index in [0.717, 1.165) is 16.8 Å². The predicted molar refractivity (Wildman–Crippen MR) is 145 cm³/mol. The van der Waals surface area contributed by atoms with E-state index in [4.69, 9.17) is 33.3 Å². The first-order chi connectivity index (χ1) is 16.9. The quantitative estimate of drug-likeness (QED) is 0.298. The fraction of sp³-hybridized carbons (Fsp3) is 0.115. The zero-order valence-electron chi connectivity index (χ0n) is 18.9. The van der Waals surface area contributed by atoms with Crippen LogP contribution in [0.3, 0.4) is 0 Å². The lowest BCUT2D eigenvalue weighted by molar-refractivity contribution is -0.118. The van der Waals surface area contributed by atoms with Crippen molar-refractivity contribution in [1.29, 1.82) is 0 Å². The molecule has 3 aromatic rings. The Morgan fingerprint density at radius 2 is 1.86 bits per heavy atom. The molecule has 0 radical (unpaired) electrons. The minimum Gasteiger partial charge on any atom is -0.493 e. The molecule has 1 heterocycles. The van der Waals surface area contributed by atoms with Crippen LogP contribution >= 0.6 is 35.6 Å². The molecule has 1 N–H and O–H groups in total. The fourth-order valence-corrected chi connectivity index (χ4v) is 4.79. The molecule has 0 saturated carbocycles. The van der Waals surface area contributed by atoms with Gasteiger partial charge in [-0.3, -0.25) is 14.5 Å². The van der Waals surface area contributed by atoms with Gasteiger partial charge in [0.15, 0.2) is 22.4 Å². The molecular weight excluding hydrogens is 504 g/mol. The standard InChI is InChI=1S/C26H21ClN2O4S2/c1-16-5-3-4-6-20(16)28-24(30)15-33-21-12-7-17(13-22(21)32-2)14-23-25(31)29(26(34)35-23)19-10-8-18(27)9-11-19/h3-14H,15H2,1-2H3,(H,28,30)/b23-14-. The smallest absolute Gasteiger partial charge is 0.270 e. The maximum absolute atomic E-state index is 13.0. The lowest BCUT2D eigenvalue weighted by Crippen LogP contribution is -2.27. The van der Waals surface area contributed by atoms with Gasteiger partial charge in [0.25, 0.3) is 11.8 Å². The van der Waals surface area contributed by atoms with Crippen molar-refractivity contribution < 1.29 is 19.1 Å². The van der Waals surface area contributed by atoms with Gasteiger partial charge >= 0.3 is 0 Å². The highest BCUT2D eigenvalue weighted by Gasteiger charge is 2.33. The number of rotatable bonds is 7. The number of benzene rings is 3. The Hall–Kier alpha value is -3.33. The Labute approximate surface area is 217 Å². The molecule has 0 atom stereocenters. The van der Waals surface area contributed by atoms with Crippen LogP contribution in [0.25, 0.3) is 6.08 Å². The van der Waals surface area contributed by atoms with E-state index in [-0.39, 0.29) is 18.4 Å². The maximum atomic E-state index is 13.0. The summed E-state index contributed by atoms with van der Waals surface area (Å²) in [4.78, 5) is 27.3. The zero-order valence-corrected chi connectivity index (χ0v) is 21.3. The predicted octanol–water partition coefficient (Wildman–Crippen LogP) is 6.08. The number of ether oxygens (including phenoxy) is 2. The van der Waals surface area contributed by atoms with Crippen molar-refractivity contribution in [2.75, 3.05) is 23.9 Å². The van der Waals surface area contributed by atoms with Crippen molar-refractivity contribution in [2.45, 2.75) is 6.92 Å². The lowest BCUT2D eigenvalue weighted by atomic mass is 10.1. The number of methoxy groups -OCH3 is 1. The number of aryl methyl sites for hydroxylation is 1. The summed E-state index contributed by atoms with van der Waals surface area (Å²) in [6.45, 7) is 1.74. The summed E-state index contributed by atoms with van der Waals surface area (Å²) in [5.74, 6) is 0.361. The summed E-state index contributed by atoms with van der Waals surface area (Å²) in [6, 6.07) is 19.7. The molecule has 0 unspecified atom stereocenters. The molecule has 0 spiro atoms. The van der Waals surface area contributed by atoms with Crippen LogP contribution in [0, 0.1) is 6.92 Å². The second kappa shape index (κ2) is 10.9. The van der Waals surface area contributed by atoms with Gasteiger partial charge in [0.05, 0.1) is 17.7 Å². The van der Waals surface area contributed by atoms with Gasteiger partial charge in [-0.15, -0.1) is 0 Å². The molecule has 0 aromatic heterocycles. The van der Waals surface area contributed by atoms with Gasteiger partial charge < -0.3 is 14.8 Å². The number of hydrogen-bond donors (Lipinski definition) is 1. The van der Waals surface area contributed by atoms with Crippen molar-refractivity contribution >= 4 is 69.2 Å². The second-order valence-corrected chi connectivity index (χ2v) is 9.67. The van der Waals surface area contributed by atoms with Crippen molar-refractivity contribution in [3.05, 3.63) is 87.8 Å². The lowest BCUT2D eigenvalue weighted by Gasteiger charge is -2.14. The van der Waals surface area contributed by atoms with E-state index in [0.29, 0.717) is 31.4 Å². The third-order valence-electron chi connectivity index (χ3n) is 5.14. The summed E-state index contributed by atoms with van der Waals surface area (Å²) in [7, 11) is 1.51. The van der Waals surface area contributed by atoms with Crippen LogP contribution in [0.15, 0.2) is 71.6 Å². The number of thiocarbonyl (C=S) groups is 1. The van der Waals surface area contributed by atoms with E-state index in [2.05, 4.69) is 5.32 Å². The third kappa shape index (κ3) is 5.85. The van der Waals surface area contributed by atoms with Gasteiger partial charge in [-0.1, -0.05) is 59.8 Å². The van der Waals surface area contributed by atoms with E-state index >= 15 is 0 Å². The highest BCUT2D eigenvalue weighted by atomic mass is 35.5. The van der Waals surface area contributed by atoms with Crippen molar-refractivity contribution in [2.24, 2.45) is 0 Å². The van der Waals surface area contributed by atoms with Crippen molar-refractivity contribution in [3.63, 3.8) is 0 Å². The molecule has 4 rings (SSSR count). The highest BCUT2D eigenvalue weighted by Crippen LogP contribution is 2.37. The van der Waals surface area contributed by atoms with Gasteiger partial charge in [-0.2, -0.15) is 0 Å². The molecule has 3 aromatic carbocycles. The Bertz CT molecular complexity index is 1330. The largest absolute Gasteiger partial charge is 0.493 e. The number of nitrogens with one attached hydrogen (secondary N) is 1. The zero-order chi connectivity index (χ0) is 24.9. The summed E-state index contributed by atoms with van der Waals surface area (Å²) < 4.78 is 11.6. The van der Waals surface area contributed by atoms with Crippen LogP contribution < -0.4 is 19.7 Å². The molecule has 1 aliphatic rings. The normalized spacial score (nSPS) is 14.4. The first kappa shape index (κ1) is 24.8. The average Bonchev–Trinajstić information content (AvgIpc) is 3.12. The first-order valence-corrected chi connectivity index (χ1v) is 12.2. The number of amides is 2. The SMILES string of the molecule is COc1cc(/C=C2\SC(=S)N(c3ccc(Cl)cc3)C2=O)ccc1OCC(=O)Nc1ccccc1C. The number of para-hydroxylation sites is 1. The Morgan fingerprint density at radius 1 is 1.11 bits per heavy atom. The number of hydrogen-bond acceptors (Lipinski definition) is 6. The van der Waals surface area contributed by atoms with Crippen molar-refractivity contribution in [1.82, 2.24) is 0 Å². The topological polar surface area (TPSA) is 67.9 Å². The van der Waals surface area contributed by atoms with E-state index in [1.165, 1.54) is 23.8 Å². The number of carbonyl (C=O) groups is 2. The summed E-state index contributed by atoms with van der Waals surface area (Å²) >= 11 is 12.6. The number of halogens is 1. The molecule has 178 valence electrons. The van der Waals surface area contributed by atoms with E-state index < -0.39 is 0 Å². The van der Waals surface area contributed by atoms with Crippen molar-refractivity contribution in [3.8, 4) is 11.5 Å². The molecule has 1 fully saturated rings. The molecule has 1 aliphatic heterocycles. The van der Waals surface area contributed by atoms with Gasteiger partial charge in [-0.05, 0) is 66.6 Å². The molecule has 2 amide bonds. The maximum Gasteiger partial charge on any atom is 0.270 e. The monoisotopic (exact) mass is 524 g/mol. The minimum atomic E-state index is -0.281. The molecule has 0 bridgehead atoms. The average molecular weight is 525 g/mol. The Kier molecular flexibility index (Phi) is 7.75. The van der Waals surface area contributed by atoms with Gasteiger partial charge in [0.1, 0.15) is 0 Å². The Morgan fingerprint density at radius 3 is 2.57 bits per heavy atom.